The van der Waals surface area contributed by atoms with E-state index < -0.39 is 17.7 Å². The smallest absolute Gasteiger partial charge is 0.288 e. The Kier molecular flexibility index (Phi) is 4.51. The van der Waals surface area contributed by atoms with Gasteiger partial charge in [0.05, 0.1) is 12.1 Å². The maximum Gasteiger partial charge on any atom is 0.288 e. The molecule has 0 spiro atoms. The van der Waals surface area contributed by atoms with Crippen molar-refractivity contribution in [3.63, 3.8) is 0 Å². The second-order valence-electron chi connectivity index (χ2n) is 4.02. The van der Waals surface area contributed by atoms with E-state index in [2.05, 4.69) is 26.0 Å². The zero-order chi connectivity index (χ0) is 14.4. The molecule has 20 heavy (non-hydrogen) atoms. The topological polar surface area (TPSA) is 116 Å². The Morgan fingerprint density at radius 2 is 2.45 bits per heavy atom. The van der Waals surface area contributed by atoms with Crippen molar-refractivity contribution in [2.45, 2.75) is 6.42 Å². The summed E-state index contributed by atoms with van der Waals surface area (Å²) in [6.07, 6.45) is 4.78. The molecule has 0 aromatic carbocycles. The van der Waals surface area contributed by atoms with Crippen LogP contribution < -0.4 is 10.9 Å². The first-order valence-electron chi connectivity index (χ1n) is 5.94. The van der Waals surface area contributed by atoms with Gasteiger partial charge in [-0.1, -0.05) is 6.07 Å². The number of pyridine rings is 1. The van der Waals surface area contributed by atoms with Crippen LogP contribution in [0.25, 0.3) is 0 Å². The molecular formula is C12H13N5O3. The number of carbonyl (C=O) groups excluding carboxylic acids is 2. The van der Waals surface area contributed by atoms with Gasteiger partial charge in [0, 0.05) is 24.6 Å². The number of aromatic nitrogens is 1. The molecule has 0 bridgehead atoms. The number of aliphatic hydroxyl groups excluding tert-OH is 1. The number of hydrazone groups is 2. The molecule has 2 heterocycles. The summed E-state index contributed by atoms with van der Waals surface area (Å²) in [7, 11) is 0. The van der Waals surface area contributed by atoms with Gasteiger partial charge in [0.1, 0.15) is 5.71 Å². The molecule has 2 amide bonds. The molecule has 1 aliphatic rings. The molecule has 3 N–H and O–H groups in total. The van der Waals surface area contributed by atoms with Crippen molar-refractivity contribution in [2.75, 3.05) is 6.61 Å². The third kappa shape index (κ3) is 3.23. The highest BCUT2D eigenvalue weighted by atomic mass is 16.3. The van der Waals surface area contributed by atoms with Gasteiger partial charge in [0.2, 0.25) is 5.91 Å². The van der Waals surface area contributed by atoms with Crippen molar-refractivity contribution in [1.29, 1.82) is 0 Å². The third-order valence-corrected chi connectivity index (χ3v) is 2.65. The van der Waals surface area contributed by atoms with Gasteiger partial charge in [-0.2, -0.15) is 10.2 Å². The number of hydrogen-bond acceptors (Lipinski definition) is 6. The average Bonchev–Trinajstić information content (AvgIpc) is 2.82. The van der Waals surface area contributed by atoms with Gasteiger partial charge in [-0.15, -0.1) is 0 Å². The van der Waals surface area contributed by atoms with Gasteiger partial charge in [-0.25, -0.2) is 10.9 Å². The summed E-state index contributed by atoms with van der Waals surface area (Å²) < 4.78 is 0. The van der Waals surface area contributed by atoms with Crippen molar-refractivity contribution >= 4 is 23.7 Å². The van der Waals surface area contributed by atoms with Crippen LogP contribution in [-0.4, -0.2) is 40.4 Å². The summed E-state index contributed by atoms with van der Waals surface area (Å²) in [5.41, 5.74) is 5.23. The maximum absolute atomic E-state index is 11.8. The van der Waals surface area contributed by atoms with Crippen LogP contribution >= 0.6 is 0 Å². The Balaban J connectivity index is 1.95. The lowest BCUT2D eigenvalue weighted by Gasteiger charge is -2.06. The van der Waals surface area contributed by atoms with Crippen molar-refractivity contribution < 1.29 is 14.7 Å². The Morgan fingerprint density at radius 3 is 3.15 bits per heavy atom. The van der Waals surface area contributed by atoms with E-state index in [9.17, 15) is 9.59 Å². The number of amides is 2. The summed E-state index contributed by atoms with van der Waals surface area (Å²) in [6, 6.07) is 3.51. The molecule has 1 aromatic rings. The number of aliphatic hydroxyl groups is 1. The van der Waals surface area contributed by atoms with Gasteiger partial charge in [0.15, 0.2) is 0 Å². The highest BCUT2D eigenvalue weighted by Gasteiger charge is 2.33. The molecule has 0 aliphatic carbocycles. The fraction of sp³-hybridized carbons (Fsp3) is 0.250. The van der Waals surface area contributed by atoms with Crippen molar-refractivity contribution in [1.82, 2.24) is 15.8 Å². The lowest BCUT2D eigenvalue weighted by atomic mass is 10.00. The molecule has 8 nitrogen and oxygen atoms in total. The molecule has 0 radical (unpaired) electrons. The number of rotatable bonds is 5. The molecule has 8 heteroatoms. The number of carbonyl (C=O) groups is 2. The van der Waals surface area contributed by atoms with Crippen LogP contribution in [0.15, 0.2) is 34.7 Å². The Morgan fingerprint density at radius 1 is 1.60 bits per heavy atom. The van der Waals surface area contributed by atoms with Crippen LogP contribution in [0.3, 0.4) is 0 Å². The lowest BCUT2D eigenvalue weighted by molar-refractivity contribution is -0.123. The molecule has 0 fully saturated rings. The highest BCUT2D eigenvalue weighted by molar-refractivity contribution is 6.44. The third-order valence-electron chi connectivity index (χ3n) is 2.65. The Hall–Kier alpha value is -2.61. The average molecular weight is 275 g/mol. The van der Waals surface area contributed by atoms with Gasteiger partial charge in [-0.05, 0) is 12.5 Å². The SMILES string of the molecule is O=C(N/N=C/c1cccnc1)C1=NNC(=O)C1CCO. The number of nitrogens with zero attached hydrogens (tertiary/aromatic N) is 3. The van der Waals surface area contributed by atoms with E-state index in [0.29, 0.717) is 0 Å². The van der Waals surface area contributed by atoms with Crippen molar-refractivity contribution in [3.05, 3.63) is 30.1 Å². The van der Waals surface area contributed by atoms with Crippen LogP contribution in [0.1, 0.15) is 12.0 Å². The second-order valence-corrected chi connectivity index (χ2v) is 4.02. The normalized spacial score (nSPS) is 17.9. The van der Waals surface area contributed by atoms with E-state index in [1.807, 2.05) is 0 Å². The van der Waals surface area contributed by atoms with E-state index >= 15 is 0 Å². The molecule has 0 saturated heterocycles. The fourth-order valence-corrected chi connectivity index (χ4v) is 1.68. The maximum atomic E-state index is 11.8. The minimum absolute atomic E-state index is 0.0207. The molecular weight excluding hydrogens is 262 g/mol. The molecule has 104 valence electrons. The van der Waals surface area contributed by atoms with Crippen LogP contribution in [0.2, 0.25) is 0 Å². The molecule has 1 aliphatic heterocycles. The van der Waals surface area contributed by atoms with E-state index in [1.165, 1.54) is 6.21 Å². The summed E-state index contributed by atoms with van der Waals surface area (Å²) >= 11 is 0. The molecule has 1 unspecified atom stereocenters. The van der Waals surface area contributed by atoms with Gasteiger partial charge >= 0.3 is 0 Å². The first-order chi connectivity index (χ1) is 9.72. The Labute approximate surface area is 114 Å². The van der Waals surface area contributed by atoms with Crippen LogP contribution in [0.5, 0.6) is 0 Å². The standard InChI is InChI=1S/C12H13N5O3/c18-5-3-9-10(15-17-11(9)19)12(20)16-14-7-8-2-1-4-13-6-8/h1-2,4,6-7,9,18H,3,5H2,(H,16,20)(H,17,19)/b14-7+. The summed E-state index contributed by atoms with van der Waals surface area (Å²) in [6.45, 7) is -0.205. The minimum atomic E-state index is -0.742. The van der Waals surface area contributed by atoms with Crippen LogP contribution in [-0.2, 0) is 9.59 Å². The van der Waals surface area contributed by atoms with Crippen LogP contribution in [0, 0.1) is 5.92 Å². The minimum Gasteiger partial charge on any atom is -0.396 e. The largest absolute Gasteiger partial charge is 0.396 e. The first kappa shape index (κ1) is 13.8. The monoisotopic (exact) mass is 275 g/mol. The van der Waals surface area contributed by atoms with E-state index in [4.69, 9.17) is 5.11 Å². The zero-order valence-corrected chi connectivity index (χ0v) is 10.5. The van der Waals surface area contributed by atoms with E-state index in [-0.39, 0.29) is 18.7 Å². The van der Waals surface area contributed by atoms with Gasteiger partial charge < -0.3 is 5.11 Å². The number of nitrogens with one attached hydrogen (secondary N) is 2. The highest BCUT2D eigenvalue weighted by Crippen LogP contribution is 2.11. The predicted octanol–water partition coefficient (Wildman–Crippen LogP) is -0.984. The summed E-state index contributed by atoms with van der Waals surface area (Å²) in [4.78, 5) is 27.1. The van der Waals surface area contributed by atoms with Crippen molar-refractivity contribution in [3.8, 4) is 0 Å². The van der Waals surface area contributed by atoms with Crippen molar-refractivity contribution in [2.24, 2.45) is 16.1 Å². The molecule has 0 saturated carbocycles. The summed E-state index contributed by atoms with van der Waals surface area (Å²) in [5, 5.41) is 16.3. The molecule has 1 aromatic heterocycles. The van der Waals surface area contributed by atoms with Gasteiger partial charge in [0.25, 0.3) is 5.91 Å². The summed E-state index contributed by atoms with van der Waals surface area (Å²) in [5.74, 6) is -1.73. The number of hydrogen-bond donors (Lipinski definition) is 3. The lowest BCUT2D eigenvalue weighted by Crippen LogP contribution is -2.34. The quantitative estimate of drug-likeness (QED) is 0.473. The van der Waals surface area contributed by atoms with Gasteiger partial charge in [-0.3, -0.25) is 14.6 Å². The Bertz CT molecular complexity index is 555. The zero-order valence-electron chi connectivity index (χ0n) is 10.5. The van der Waals surface area contributed by atoms with E-state index in [1.54, 1.807) is 24.5 Å². The first-order valence-corrected chi connectivity index (χ1v) is 5.94. The predicted molar refractivity (Wildman–Crippen MR) is 70.7 cm³/mol. The fourth-order valence-electron chi connectivity index (χ4n) is 1.68. The van der Waals surface area contributed by atoms with E-state index in [0.717, 1.165) is 5.56 Å². The molecule has 1 atom stereocenters. The molecule has 2 rings (SSSR count). The van der Waals surface area contributed by atoms with Crippen LogP contribution in [0.4, 0.5) is 0 Å². The second kappa shape index (κ2) is 6.53.